The fourth-order valence-electron chi connectivity index (χ4n) is 2.87. The molecule has 2 rings (SSSR count). The van der Waals surface area contributed by atoms with Crippen LogP contribution in [-0.4, -0.2) is 23.2 Å². The zero-order valence-electron chi connectivity index (χ0n) is 12.3. The van der Waals surface area contributed by atoms with Crippen molar-refractivity contribution in [3.8, 4) is 0 Å². The molecule has 0 radical (unpaired) electrons. The van der Waals surface area contributed by atoms with Crippen LogP contribution in [0.15, 0.2) is 30.3 Å². The number of aliphatic hydroxyl groups is 1. The monoisotopic (exact) mass is 275 g/mol. The second-order valence-electron chi connectivity index (χ2n) is 6.09. The third-order valence-corrected chi connectivity index (χ3v) is 4.21. The van der Waals surface area contributed by atoms with Crippen LogP contribution in [-0.2, 0) is 11.2 Å². The summed E-state index contributed by atoms with van der Waals surface area (Å²) in [6, 6.07) is 10.0. The fourth-order valence-corrected chi connectivity index (χ4v) is 2.87. The topological polar surface area (TPSA) is 49.3 Å². The number of hydrogen-bond acceptors (Lipinski definition) is 2. The molecule has 1 atom stereocenters. The highest BCUT2D eigenvalue weighted by atomic mass is 16.3. The second-order valence-corrected chi connectivity index (χ2v) is 6.09. The summed E-state index contributed by atoms with van der Waals surface area (Å²) < 4.78 is 0. The summed E-state index contributed by atoms with van der Waals surface area (Å²) in [5.74, 6) is -0.0301. The van der Waals surface area contributed by atoms with Gasteiger partial charge in [-0.1, -0.05) is 56.5 Å². The van der Waals surface area contributed by atoms with Crippen molar-refractivity contribution >= 4 is 5.91 Å². The average Bonchev–Trinajstić information content (AvgIpc) is 2.46. The van der Waals surface area contributed by atoms with Gasteiger partial charge in [0.25, 0.3) is 0 Å². The normalized spacial score (nSPS) is 19.3. The summed E-state index contributed by atoms with van der Waals surface area (Å²) in [7, 11) is 0. The molecule has 110 valence electrons. The zero-order chi connectivity index (χ0) is 14.4. The molecule has 0 aromatic heterocycles. The third-order valence-electron chi connectivity index (χ3n) is 4.21. The minimum Gasteiger partial charge on any atom is -0.388 e. The molecule has 0 bridgehead atoms. The minimum atomic E-state index is -0.680. The lowest BCUT2D eigenvalue weighted by atomic mass is 9.85. The molecule has 1 fully saturated rings. The Morgan fingerprint density at radius 2 is 1.90 bits per heavy atom. The summed E-state index contributed by atoms with van der Waals surface area (Å²) in [6.45, 7) is 2.33. The molecule has 1 saturated carbocycles. The highest BCUT2D eigenvalue weighted by molar-refractivity contribution is 5.78. The number of benzene rings is 1. The molecule has 2 N–H and O–H groups in total. The lowest BCUT2D eigenvalue weighted by Crippen LogP contribution is -2.45. The van der Waals surface area contributed by atoms with Crippen LogP contribution in [0.5, 0.6) is 0 Å². The number of hydrogen-bond donors (Lipinski definition) is 2. The maximum absolute atomic E-state index is 12.1. The summed E-state index contributed by atoms with van der Waals surface area (Å²) >= 11 is 0. The minimum absolute atomic E-state index is 0.0350. The van der Waals surface area contributed by atoms with Crippen LogP contribution < -0.4 is 5.32 Å². The van der Waals surface area contributed by atoms with E-state index in [2.05, 4.69) is 5.32 Å². The van der Waals surface area contributed by atoms with Gasteiger partial charge in [-0.05, 0) is 24.8 Å². The van der Waals surface area contributed by atoms with Crippen molar-refractivity contribution in [1.82, 2.24) is 5.32 Å². The Balaban J connectivity index is 1.79. The molecular formula is C17H25NO2. The number of nitrogens with one attached hydrogen (secondary N) is 1. The number of carbonyl (C=O) groups excluding carboxylic acids is 1. The lowest BCUT2D eigenvalue weighted by Gasteiger charge is -2.32. The predicted molar refractivity (Wildman–Crippen MR) is 80.4 cm³/mol. The third kappa shape index (κ3) is 4.34. The van der Waals surface area contributed by atoms with Crippen LogP contribution >= 0.6 is 0 Å². The number of amides is 1. The Morgan fingerprint density at radius 3 is 2.55 bits per heavy atom. The summed E-state index contributed by atoms with van der Waals surface area (Å²) in [6.07, 6.45) is 5.67. The summed E-state index contributed by atoms with van der Waals surface area (Å²) in [5.41, 5.74) is 0.493. The van der Waals surface area contributed by atoms with Crippen LogP contribution in [0.1, 0.15) is 44.6 Å². The predicted octanol–water partition coefficient (Wildman–Crippen LogP) is 2.68. The summed E-state index contributed by atoms with van der Waals surface area (Å²) in [5, 5.41) is 13.3. The first-order valence-electron chi connectivity index (χ1n) is 7.63. The van der Waals surface area contributed by atoms with Crippen LogP contribution in [0.25, 0.3) is 0 Å². The van der Waals surface area contributed by atoms with Gasteiger partial charge in [-0.15, -0.1) is 0 Å². The number of carbonyl (C=O) groups is 1. The van der Waals surface area contributed by atoms with E-state index in [0.717, 1.165) is 32.1 Å². The highest BCUT2D eigenvalue weighted by Crippen LogP contribution is 2.27. The van der Waals surface area contributed by atoms with Gasteiger partial charge in [0, 0.05) is 12.5 Å². The Morgan fingerprint density at radius 1 is 1.25 bits per heavy atom. The van der Waals surface area contributed by atoms with Crippen molar-refractivity contribution in [1.29, 1.82) is 0 Å². The van der Waals surface area contributed by atoms with Gasteiger partial charge in [-0.2, -0.15) is 0 Å². The molecule has 0 aliphatic heterocycles. The van der Waals surface area contributed by atoms with Crippen molar-refractivity contribution in [3.63, 3.8) is 0 Å². The smallest absolute Gasteiger partial charge is 0.223 e. The Kier molecular flexibility index (Phi) is 5.18. The Labute approximate surface area is 121 Å². The van der Waals surface area contributed by atoms with E-state index in [1.165, 1.54) is 12.0 Å². The summed E-state index contributed by atoms with van der Waals surface area (Å²) in [4.78, 5) is 12.1. The molecule has 20 heavy (non-hydrogen) atoms. The molecule has 1 amide bonds. The van der Waals surface area contributed by atoms with Gasteiger partial charge in [-0.25, -0.2) is 0 Å². The molecule has 1 aliphatic rings. The maximum Gasteiger partial charge on any atom is 0.223 e. The van der Waals surface area contributed by atoms with Crippen LogP contribution in [0, 0.1) is 5.92 Å². The SMILES string of the molecule is CC(Cc1ccccc1)C(=O)NCC1(O)CCCCC1. The van der Waals surface area contributed by atoms with Gasteiger partial charge in [0.2, 0.25) is 5.91 Å². The first-order chi connectivity index (χ1) is 9.59. The molecule has 1 unspecified atom stereocenters. The standard InChI is InChI=1S/C17H25NO2/c1-14(12-15-8-4-2-5-9-15)16(19)18-13-17(20)10-6-3-7-11-17/h2,4-5,8-9,14,20H,3,6-7,10-13H2,1H3,(H,18,19). The highest BCUT2D eigenvalue weighted by Gasteiger charge is 2.29. The van der Waals surface area contributed by atoms with Gasteiger partial charge >= 0.3 is 0 Å². The van der Waals surface area contributed by atoms with Gasteiger partial charge in [-0.3, -0.25) is 4.79 Å². The van der Waals surface area contributed by atoms with Crippen molar-refractivity contribution in [3.05, 3.63) is 35.9 Å². The Bertz CT molecular complexity index is 424. The van der Waals surface area contributed by atoms with E-state index in [-0.39, 0.29) is 11.8 Å². The van der Waals surface area contributed by atoms with Gasteiger partial charge < -0.3 is 10.4 Å². The van der Waals surface area contributed by atoms with Gasteiger partial charge in [0.05, 0.1) is 5.60 Å². The van der Waals surface area contributed by atoms with E-state index in [9.17, 15) is 9.90 Å². The van der Waals surface area contributed by atoms with E-state index < -0.39 is 5.60 Å². The van der Waals surface area contributed by atoms with E-state index in [4.69, 9.17) is 0 Å². The lowest BCUT2D eigenvalue weighted by molar-refractivity contribution is -0.126. The van der Waals surface area contributed by atoms with E-state index in [1.807, 2.05) is 37.3 Å². The second kappa shape index (κ2) is 6.89. The van der Waals surface area contributed by atoms with Crippen LogP contribution in [0.2, 0.25) is 0 Å². The fraction of sp³-hybridized carbons (Fsp3) is 0.588. The largest absolute Gasteiger partial charge is 0.388 e. The quantitative estimate of drug-likeness (QED) is 0.868. The van der Waals surface area contributed by atoms with Crippen LogP contribution in [0.3, 0.4) is 0 Å². The molecule has 0 heterocycles. The number of rotatable bonds is 5. The van der Waals surface area contributed by atoms with Gasteiger partial charge in [0.15, 0.2) is 0 Å². The molecule has 1 aromatic rings. The average molecular weight is 275 g/mol. The Hall–Kier alpha value is -1.35. The molecular weight excluding hydrogens is 250 g/mol. The van der Waals surface area contributed by atoms with E-state index in [1.54, 1.807) is 0 Å². The molecule has 1 aliphatic carbocycles. The van der Waals surface area contributed by atoms with E-state index >= 15 is 0 Å². The first kappa shape index (κ1) is 15.0. The molecule has 0 saturated heterocycles. The first-order valence-corrected chi connectivity index (χ1v) is 7.63. The van der Waals surface area contributed by atoms with Crippen LogP contribution in [0.4, 0.5) is 0 Å². The zero-order valence-corrected chi connectivity index (χ0v) is 12.3. The molecule has 3 nitrogen and oxygen atoms in total. The van der Waals surface area contributed by atoms with Crippen molar-refractivity contribution in [2.45, 2.75) is 51.0 Å². The van der Waals surface area contributed by atoms with Gasteiger partial charge in [0.1, 0.15) is 0 Å². The van der Waals surface area contributed by atoms with Crippen molar-refractivity contribution in [2.75, 3.05) is 6.54 Å². The molecule has 3 heteroatoms. The van der Waals surface area contributed by atoms with Crippen molar-refractivity contribution < 1.29 is 9.90 Å². The van der Waals surface area contributed by atoms with Crippen molar-refractivity contribution in [2.24, 2.45) is 5.92 Å². The maximum atomic E-state index is 12.1. The van der Waals surface area contributed by atoms with E-state index in [0.29, 0.717) is 6.54 Å². The molecule has 1 aromatic carbocycles. The molecule has 0 spiro atoms.